The first-order valence-corrected chi connectivity index (χ1v) is 9.94. The number of hydrogen-bond acceptors (Lipinski definition) is 6. The number of methoxy groups -OCH3 is 2. The molecule has 1 aromatic carbocycles. The van der Waals surface area contributed by atoms with Crippen molar-refractivity contribution in [2.75, 3.05) is 14.2 Å². The molecule has 0 fully saturated rings. The topological polar surface area (TPSA) is 96.6 Å². The molecule has 0 atom stereocenters. The van der Waals surface area contributed by atoms with Gasteiger partial charge in [0.25, 0.3) is 0 Å². The van der Waals surface area contributed by atoms with Gasteiger partial charge in [-0.15, -0.1) is 0 Å². The van der Waals surface area contributed by atoms with Crippen LogP contribution < -0.4 is 19.9 Å². The summed E-state index contributed by atoms with van der Waals surface area (Å²) in [5, 5.41) is 0.650. The second-order valence-corrected chi connectivity index (χ2v) is 9.13. The first-order valence-electron chi connectivity index (χ1n) is 8.23. The predicted molar refractivity (Wildman–Crippen MR) is 103 cm³/mol. The Hall–Kier alpha value is -2.57. The number of nitrogens with two attached hydrogens (primary N) is 1. The molecule has 0 spiro atoms. The van der Waals surface area contributed by atoms with Gasteiger partial charge < -0.3 is 0 Å². The van der Waals surface area contributed by atoms with Gasteiger partial charge in [-0.2, -0.15) is 0 Å². The molecule has 8 heteroatoms. The molecule has 7 nitrogen and oxygen atoms in total. The summed E-state index contributed by atoms with van der Waals surface area (Å²) in [7, 11) is 3.12. The average molecular weight is 434 g/mol. The Kier molecular flexibility index (Phi) is 5.13. The van der Waals surface area contributed by atoms with E-state index in [0.717, 1.165) is 4.44 Å². The predicted octanol–water partition coefficient (Wildman–Crippen LogP) is 2.89. The van der Waals surface area contributed by atoms with Gasteiger partial charge >= 0.3 is 163 Å². The summed E-state index contributed by atoms with van der Waals surface area (Å²) in [4.78, 5) is 20.4. The average Bonchev–Trinajstić information content (AvgIpc) is 3.05. The van der Waals surface area contributed by atoms with Crippen molar-refractivity contribution in [3.63, 3.8) is 0 Å². The van der Waals surface area contributed by atoms with E-state index >= 15 is 0 Å². The minimum atomic E-state index is -0.474. The van der Waals surface area contributed by atoms with E-state index in [1.807, 2.05) is 6.07 Å². The zero-order valence-electron chi connectivity index (χ0n) is 15.8. The monoisotopic (exact) mass is 435 g/mol. The number of carbonyl (C=O) groups is 1. The van der Waals surface area contributed by atoms with Crippen LogP contribution >= 0.6 is 0 Å². The fraction of sp³-hybridized carbons (Fsp3) is 0.316. The van der Waals surface area contributed by atoms with Crippen LogP contribution in [0.5, 0.6) is 23.1 Å². The van der Waals surface area contributed by atoms with Crippen molar-refractivity contribution in [2.24, 2.45) is 5.73 Å². The molecule has 142 valence electrons. The van der Waals surface area contributed by atoms with Crippen LogP contribution in [-0.2, 0) is 5.41 Å². The summed E-state index contributed by atoms with van der Waals surface area (Å²) >= 11 is -0.177. The molecule has 0 saturated heterocycles. The summed E-state index contributed by atoms with van der Waals surface area (Å²) in [5.41, 5.74) is 6.15. The zero-order chi connectivity index (χ0) is 19.8. The Morgan fingerprint density at radius 3 is 2.30 bits per heavy atom. The molecule has 2 heterocycles. The van der Waals surface area contributed by atoms with Gasteiger partial charge in [0.15, 0.2) is 0 Å². The first kappa shape index (κ1) is 19.2. The maximum atomic E-state index is 11.9. The molecular weight excluding hydrogens is 413 g/mol. The summed E-state index contributed by atoms with van der Waals surface area (Å²) in [6.07, 6.45) is 1.41. The van der Waals surface area contributed by atoms with Crippen molar-refractivity contribution < 1.29 is 19.0 Å². The van der Waals surface area contributed by atoms with Gasteiger partial charge in [-0.05, 0) is 0 Å². The fourth-order valence-corrected chi connectivity index (χ4v) is 4.62. The standard InChI is InChI=1S/C19H21N3O4Se/c1-19(2,3)15-8-14(16(27-15)17(20)23)26-18-10-6-12(24-4)13(25-5)7-11(10)21-9-22-18/h6-9H,1-5H3,(H2,20,23). The van der Waals surface area contributed by atoms with Crippen LogP contribution in [0.4, 0.5) is 0 Å². The number of rotatable bonds is 5. The van der Waals surface area contributed by atoms with Gasteiger partial charge in [-0.3, -0.25) is 0 Å². The van der Waals surface area contributed by atoms with Crippen LogP contribution in [0.15, 0.2) is 24.5 Å². The third-order valence-corrected chi connectivity index (χ3v) is 7.24. The van der Waals surface area contributed by atoms with E-state index in [1.165, 1.54) is 6.33 Å². The summed E-state index contributed by atoms with van der Waals surface area (Å²) in [6, 6.07) is 5.40. The number of carbonyl (C=O) groups excluding carboxylic acids is 1. The van der Waals surface area contributed by atoms with Crippen LogP contribution in [0.1, 0.15) is 34.4 Å². The Morgan fingerprint density at radius 2 is 1.70 bits per heavy atom. The van der Waals surface area contributed by atoms with Crippen molar-refractivity contribution in [1.29, 1.82) is 0 Å². The van der Waals surface area contributed by atoms with E-state index < -0.39 is 5.91 Å². The zero-order valence-corrected chi connectivity index (χ0v) is 17.5. The van der Waals surface area contributed by atoms with Crippen molar-refractivity contribution in [3.05, 3.63) is 33.4 Å². The number of aromatic nitrogens is 2. The Labute approximate surface area is 163 Å². The molecule has 0 unspecified atom stereocenters. The second kappa shape index (κ2) is 7.21. The van der Waals surface area contributed by atoms with Crippen molar-refractivity contribution >= 4 is 31.3 Å². The van der Waals surface area contributed by atoms with E-state index in [9.17, 15) is 4.79 Å². The second-order valence-electron chi connectivity index (χ2n) is 6.92. The van der Waals surface area contributed by atoms with Crippen LogP contribution in [0, 0.1) is 0 Å². The van der Waals surface area contributed by atoms with Crippen LogP contribution in [0.3, 0.4) is 0 Å². The van der Waals surface area contributed by atoms with E-state index in [1.54, 1.807) is 26.4 Å². The number of hydrogen-bond donors (Lipinski definition) is 1. The summed E-state index contributed by atoms with van der Waals surface area (Å²) in [6.45, 7) is 6.29. The molecule has 0 aliphatic carbocycles. The summed E-state index contributed by atoms with van der Waals surface area (Å²) < 4.78 is 18.3. The van der Waals surface area contributed by atoms with Crippen LogP contribution in [0.25, 0.3) is 10.9 Å². The van der Waals surface area contributed by atoms with Crippen LogP contribution in [0.2, 0.25) is 0 Å². The normalized spacial score (nSPS) is 11.4. The SMILES string of the molecule is COc1cc2ncnc(Oc3cc(C(C)(C)C)[se]c3C(N)=O)c2cc1OC. The molecule has 0 aliphatic rings. The molecule has 0 radical (unpaired) electrons. The van der Waals surface area contributed by atoms with E-state index in [2.05, 4.69) is 30.7 Å². The van der Waals surface area contributed by atoms with E-state index in [-0.39, 0.29) is 19.9 Å². The molecule has 3 aromatic rings. The van der Waals surface area contributed by atoms with Crippen LogP contribution in [-0.4, -0.2) is 44.6 Å². The number of fused-ring (bicyclic) bond motifs is 1. The Morgan fingerprint density at radius 1 is 1.04 bits per heavy atom. The number of nitrogens with zero attached hydrogens (tertiary/aromatic N) is 2. The van der Waals surface area contributed by atoms with Crippen molar-refractivity contribution in [1.82, 2.24) is 9.97 Å². The maximum absolute atomic E-state index is 11.9. The van der Waals surface area contributed by atoms with Gasteiger partial charge in [-0.25, -0.2) is 0 Å². The fourth-order valence-electron chi connectivity index (χ4n) is 2.54. The third-order valence-electron chi connectivity index (χ3n) is 3.97. The summed E-state index contributed by atoms with van der Waals surface area (Å²) in [5.74, 6) is 1.40. The van der Waals surface area contributed by atoms with Gasteiger partial charge in [0.1, 0.15) is 0 Å². The molecule has 27 heavy (non-hydrogen) atoms. The molecule has 3 rings (SSSR count). The number of ether oxygens (including phenoxy) is 3. The number of primary amides is 1. The van der Waals surface area contributed by atoms with Gasteiger partial charge in [0.05, 0.1) is 0 Å². The van der Waals surface area contributed by atoms with E-state index in [0.29, 0.717) is 38.5 Å². The van der Waals surface area contributed by atoms with Crippen molar-refractivity contribution in [2.45, 2.75) is 26.2 Å². The van der Waals surface area contributed by atoms with Gasteiger partial charge in [0.2, 0.25) is 0 Å². The van der Waals surface area contributed by atoms with Gasteiger partial charge in [0, 0.05) is 0 Å². The molecule has 2 aromatic heterocycles. The molecule has 0 saturated carbocycles. The first-order chi connectivity index (χ1) is 12.7. The quantitative estimate of drug-likeness (QED) is 0.621. The van der Waals surface area contributed by atoms with E-state index in [4.69, 9.17) is 19.9 Å². The third kappa shape index (κ3) is 3.77. The molecule has 2 N–H and O–H groups in total. The number of amides is 1. The number of benzene rings is 1. The van der Waals surface area contributed by atoms with Gasteiger partial charge in [-0.1, -0.05) is 0 Å². The molecule has 1 amide bonds. The molecule has 0 aliphatic heterocycles. The molecular formula is C19H21N3O4Se. The molecule has 0 bridgehead atoms. The van der Waals surface area contributed by atoms with Crippen molar-refractivity contribution in [3.8, 4) is 23.1 Å². The Balaban J connectivity index is 2.12. The minimum absolute atomic E-state index is 0.0733. The Bertz CT molecular complexity index is 1010.